The van der Waals surface area contributed by atoms with E-state index in [1.54, 1.807) is 0 Å². The fourth-order valence-electron chi connectivity index (χ4n) is 4.70. The average molecular weight is 279 g/mol. The van der Waals surface area contributed by atoms with Gasteiger partial charge in [0.25, 0.3) is 0 Å². The molecule has 0 amide bonds. The zero-order chi connectivity index (χ0) is 13.8. The van der Waals surface area contributed by atoms with Crippen molar-refractivity contribution < 1.29 is 0 Å². The number of likely N-dealkylation sites (tertiary alicyclic amines) is 2. The molecule has 0 aromatic rings. The predicted octanol–water partition coefficient (Wildman–Crippen LogP) is 2.18. The molecule has 3 unspecified atom stereocenters. The first kappa shape index (κ1) is 14.8. The molecule has 0 saturated carbocycles. The smallest absolute Gasteiger partial charge is 0.0145 e. The van der Waals surface area contributed by atoms with Gasteiger partial charge in [-0.05, 0) is 96.6 Å². The van der Waals surface area contributed by atoms with E-state index in [4.69, 9.17) is 0 Å². The molecule has 3 rings (SSSR count). The van der Waals surface area contributed by atoms with Crippen LogP contribution in [0.25, 0.3) is 0 Å². The van der Waals surface area contributed by atoms with E-state index in [1.807, 2.05) is 0 Å². The van der Waals surface area contributed by atoms with Crippen molar-refractivity contribution >= 4 is 0 Å². The van der Waals surface area contributed by atoms with E-state index in [0.29, 0.717) is 0 Å². The molecule has 3 heteroatoms. The summed E-state index contributed by atoms with van der Waals surface area (Å²) in [5.41, 5.74) is 0. The van der Waals surface area contributed by atoms with Crippen molar-refractivity contribution in [3.05, 3.63) is 0 Å². The maximum absolute atomic E-state index is 3.55. The lowest BCUT2D eigenvalue weighted by molar-refractivity contribution is 0.0375. The van der Waals surface area contributed by atoms with Gasteiger partial charge in [-0.15, -0.1) is 0 Å². The molecule has 3 nitrogen and oxygen atoms in total. The molecule has 3 atom stereocenters. The number of hydrogen-bond acceptors (Lipinski definition) is 3. The van der Waals surface area contributed by atoms with Crippen LogP contribution in [-0.4, -0.2) is 62.2 Å². The fourth-order valence-corrected chi connectivity index (χ4v) is 4.70. The van der Waals surface area contributed by atoms with Crippen molar-refractivity contribution in [2.75, 3.05) is 46.3 Å². The van der Waals surface area contributed by atoms with Gasteiger partial charge in [0.15, 0.2) is 0 Å². The molecule has 3 fully saturated rings. The van der Waals surface area contributed by atoms with E-state index in [9.17, 15) is 0 Å². The van der Waals surface area contributed by atoms with Gasteiger partial charge in [-0.3, -0.25) is 0 Å². The average Bonchev–Trinajstić information content (AvgIpc) is 2.48. The highest BCUT2D eigenvalue weighted by molar-refractivity contribution is 4.89. The Balaban J connectivity index is 1.36. The van der Waals surface area contributed by atoms with E-state index < -0.39 is 0 Å². The topological polar surface area (TPSA) is 18.5 Å². The number of fused-ring (bicyclic) bond motifs is 1. The van der Waals surface area contributed by atoms with E-state index in [1.165, 1.54) is 84.2 Å². The van der Waals surface area contributed by atoms with Gasteiger partial charge in [0.1, 0.15) is 0 Å². The van der Waals surface area contributed by atoms with Gasteiger partial charge in [-0.1, -0.05) is 0 Å². The van der Waals surface area contributed by atoms with Crippen LogP contribution < -0.4 is 5.32 Å². The maximum atomic E-state index is 3.55. The van der Waals surface area contributed by atoms with Gasteiger partial charge in [-0.2, -0.15) is 0 Å². The van der Waals surface area contributed by atoms with E-state index in [0.717, 1.165) is 17.9 Å². The van der Waals surface area contributed by atoms with Gasteiger partial charge >= 0.3 is 0 Å². The van der Waals surface area contributed by atoms with E-state index in [-0.39, 0.29) is 0 Å². The molecule has 3 heterocycles. The molecule has 3 saturated heterocycles. The molecule has 0 aromatic carbocycles. The first-order valence-electron chi connectivity index (χ1n) is 8.96. The third-order valence-corrected chi connectivity index (χ3v) is 5.92. The Morgan fingerprint density at radius 3 is 2.90 bits per heavy atom. The lowest BCUT2D eigenvalue weighted by Crippen LogP contribution is -2.52. The first-order valence-corrected chi connectivity index (χ1v) is 8.96. The lowest BCUT2D eigenvalue weighted by Gasteiger charge is -2.46. The normalized spacial score (nSPS) is 36.8. The summed E-state index contributed by atoms with van der Waals surface area (Å²) in [6, 6.07) is 0.891. The minimum absolute atomic E-state index is 0.891. The molecule has 0 bridgehead atoms. The van der Waals surface area contributed by atoms with Gasteiger partial charge in [-0.25, -0.2) is 0 Å². The Kier molecular flexibility index (Phi) is 5.36. The molecule has 0 aromatic heterocycles. The van der Waals surface area contributed by atoms with Crippen molar-refractivity contribution in [1.82, 2.24) is 15.1 Å². The summed E-state index contributed by atoms with van der Waals surface area (Å²) < 4.78 is 0. The molecule has 3 aliphatic heterocycles. The van der Waals surface area contributed by atoms with Crippen molar-refractivity contribution in [3.63, 3.8) is 0 Å². The van der Waals surface area contributed by atoms with Crippen LogP contribution in [0.5, 0.6) is 0 Å². The van der Waals surface area contributed by atoms with Crippen LogP contribution in [0, 0.1) is 11.8 Å². The minimum Gasteiger partial charge on any atom is -0.316 e. The molecule has 3 aliphatic rings. The summed E-state index contributed by atoms with van der Waals surface area (Å²) in [6.45, 7) is 7.92. The van der Waals surface area contributed by atoms with Crippen LogP contribution in [0.2, 0.25) is 0 Å². The monoisotopic (exact) mass is 279 g/mol. The van der Waals surface area contributed by atoms with E-state index in [2.05, 4.69) is 22.2 Å². The second kappa shape index (κ2) is 7.24. The highest BCUT2D eigenvalue weighted by Gasteiger charge is 2.33. The van der Waals surface area contributed by atoms with Crippen LogP contribution in [0.15, 0.2) is 0 Å². The molecule has 1 N–H and O–H groups in total. The third-order valence-electron chi connectivity index (χ3n) is 5.92. The predicted molar refractivity (Wildman–Crippen MR) is 85.0 cm³/mol. The Labute approximate surface area is 125 Å². The molecular formula is C17H33N3. The zero-order valence-electron chi connectivity index (χ0n) is 13.3. The molecular weight excluding hydrogens is 246 g/mol. The SMILES string of the molecule is CN1CCCC2CN(CCCC3CCCNC3)CCC21. The van der Waals surface area contributed by atoms with Crippen LogP contribution in [0.1, 0.15) is 44.9 Å². The number of rotatable bonds is 4. The number of nitrogens with one attached hydrogen (secondary N) is 1. The minimum atomic E-state index is 0.891. The second-order valence-electron chi connectivity index (χ2n) is 7.39. The first-order chi connectivity index (χ1) is 9.83. The second-order valence-corrected chi connectivity index (χ2v) is 7.39. The fraction of sp³-hybridized carbons (Fsp3) is 1.00. The van der Waals surface area contributed by atoms with Gasteiger partial charge in [0.05, 0.1) is 0 Å². The van der Waals surface area contributed by atoms with Crippen LogP contribution >= 0.6 is 0 Å². The van der Waals surface area contributed by atoms with Crippen LogP contribution in [0.3, 0.4) is 0 Å². The number of piperidine rings is 3. The molecule has 0 aliphatic carbocycles. The largest absolute Gasteiger partial charge is 0.316 e. The van der Waals surface area contributed by atoms with Crippen LogP contribution in [-0.2, 0) is 0 Å². The molecule has 0 spiro atoms. The Morgan fingerprint density at radius 2 is 2.05 bits per heavy atom. The molecule has 20 heavy (non-hydrogen) atoms. The number of hydrogen-bond donors (Lipinski definition) is 1. The third kappa shape index (κ3) is 3.75. The van der Waals surface area contributed by atoms with Gasteiger partial charge < -0.3 is 15.1 Å². The van der Waals surface area contributed by atoms with Crippen molar-refractivity contribution in [1.29, 1.82) is 0 Å². The summed E-state index contributed by atoms with van der Waals surface area (Å²) in [7, 11) is 2.34. The zero-order valence-corrected chi connectivity index (χ0v) is 13.3. The Morgan fingerprint density at radius 1 is 1.10 bits per heavy atom. The lowest BCUT2D eigenvalue weighted by atomic mass is 9.84. The van der Waals surface area contributed by atoms with Crippen molar-refractivity contribution in [3.8, 4) is 0 Å². The van der Waals surface area contributed by atoms with Gasteiger partial charge in [0.2, 0.25) is 0 Å². The maximum Gasteiger partial charge on any atom is 0.0145 e. The Bertz CT molecular complexity index is 288. The highest BCUT2D eigenvalue weighted by Crippen LogP contribution is 2.29. The molecule has 116 valence electrons. The summed E-state index contributed by atoms with van der Waals surface area (Å²) in [4.78, 5) is 5.38. The summed E-state index contributed by atoms with van der Waals surface area (Å²) in [5.74, 6) is 1.92. The quantitative estimate of drug-likeness (QED) is 0.851. The van der Waals surface area contributed by atoms with E-state index >= 15 is 0 Å². The van der Waals surface area contributed by atoms with Gasteiger partial charge in [0, 0.05) is 12.6 Å². The van der Waals surface area contributed by atoms with Crippen molar-refractivity contribution in [2.24, 2.45) is 11.8 Å². The van der Waals surface area contributed by atoms with Crippen molar-refractivity contribution in [2.45, 2.75) is 51.0 Å². The summed E-state index contributed by atoms with van der Waals surface area (Å²) in [5, 5.41) is 3.55. The number of nitrogens with zero attached hydrogens (tertiary/aromatic N) is 2. The summed E-state index contributed by atoms with van der Waals surface area (Å²) >= 11 is 0. The highest BCUT2D eigenvalue weighted by atomic mass is 15.2. The standard InChI is InChI=1S/C17H33N3/c1-19-10-4-7-16-14-20(12-8-17(16)19)11-3-6-15-5-2-9-18-13-15/h15-18H,2-14H2,1H3. The Hall–Kier alpha value is -0.120. The molecule has 0 radical (unpaired) electrons. The van der Waals surface area contributed by atoms with Crippen LogP contribution in [0.4, 0.5) is 0 Å². The summed E-state index contributed by atoms with van der Waals surface area (Å²) in [6.07, 6.45) is 10.0.